The molecule has 6 nitrogen and oxygen atoms in total. The van der Waals surface area contributed by atoms with Gasteiger partial charge in [-0.25, -0.2) is 8.78 Å². The Labute approximate surface area is 177 Å². The summed E-state index contributed by atoms with van der Waals surface area (Å²) in [5.41, 5.74) is -0.0426. The van der Waals surface area contributed by atoms with Gasteiger partial charge in [-0.3, -0.25) is 4.79 Å². The molecule has 0 bridgehead atoms. The number of hydrogen-bond donors (Lipinski definition) is 1. The molecule has 0 saturated carbocycles. The lowest BCUT2D eigenvalue weighted by molar-refractivity contribution is -0.116. The number of hydrogen-bond acceptors (Lipinski definition) is 4. The topological polar surface area (TPSA) is 72.7 Å². The zero-order valence-corrected chi connectivity index (χ0v) is 17.9. The number of nitrogens with zero attached hydrogens (tertiary/aromatic N) is 4. The summed E-state index contributed by atoms with van der Waals surface area (Å²) < 4.78 is 26.5. The van der Waals surface area contributed by atoms with E-state index in [1.54, 1.807) is 4.80 Å². The fraction of sp³-hybridized carbons (Fsp3) is 0.636. The van der Waals surface area contributed by atoms with E-state index < -0.39 is 11.6 Å². The first-order valence-corrected chi connectivity index (χ1v) is 11.1. The van der Waals surface area contributed by atoms with Gasteiger partial charge in [-0.2, -0.15) is 4.80 Å². The molecule has 0 aliphatic heterocycles. The van der Waals surface area contributed by atoms with Crippen LogP contribution in [-0.2, 0) is 17.8 Å². The van der Waals surface area contributed by atoms with Gasteiger partial charge in [0, 0.05) is 18.9 Å². The molecule has 1 heterocycles. The molecule has 0 spiro atoms. The quantitative estimate of drug-likeness (QED) is 0.389. The Morgan fingerprint density at radius 1 is 1.00 bits per heavy atom. The third-order valence-electron chi connectivity index (χ3n) is 4.99. The molecule has 0 aliphatic carbocycles. The van der Waals surface area contributed by atoms with Crippen molar-refractivity contribution in [1.82, 2.24) is 20.2 Å². The van der Waals surface area contributed by atoms with Crippen molar-refractivity contribution in [2.75, 3.05) is 5.32 Å². The summed E-state index contributed by atoms with van der Waals surface area (Å²) in [5.74, 6) is -1.39. The Morgan fingerprint density at radius 2 is 1.67 bits per heavy atom. The third kappa shape index (κ3) is 9.41. The molecule has 30 heavy (non-hydrogen) atoms. The second-order valence-electron chi connectivity index (χ2n) is 7.66. The van der Waals surface area contributed by atoms with Crippen LogP contribution >= 0.6 is 0 Å². The number of rotatable bonds is 15. The molecule has 0 saturated heterocycles. The van der Waals surface area contributed by atoms with Crippen molar-refractivity contribution in [1.29, 1.82) is 0 Å². The van der Waals surface area contributed by atoms with E-state index >= 15 is 0 Å². The zero-order valence-electron chi connectivity index (χ0n) is 17.9. The number of carbonyl (C=O) groups is 1. The molecule has 0 aliphatic rings. The van der Waals surface area contributed by atoms with Gasteiger partial charge < -0.3 is 5.32 Å². The number of anilines is 1. The van der Waals surface area contributed by atoms with Crippen LogP contribution in [0.1, 0.15) is 83.4 Å². The molecule has 8 heteroatoms. The van der Waals surface area contributed by atoms with Crippen LogP contribution in [0.25, 0.3) is 0 Å². The van der Waals surface area contributed by atoms with Gasteiger partial charge in [0.1, 0.15) is 11.6 Å². The Bertz CT molecular complexity index is 766. The number of aryl methyl sites for hydroxylation is 2. The van der Waals surface area contributed by atoms with Crippen molar-refractivity contribution in [3.63, 3.8) is 0 Å². The number of nitrogens with one attached hydrogen (secondary N) is 1. The van der Waals surface area contributed by atoms with Crippen LogP contribution in [0.2, 0.25) is 0 Å². The van der Waals surface area contributed by atoms with Crippen molar-refractivity contribution >= 4 is 11.6 Å². The number of carbonyl (C=O) groups excluding carboxylic acids is 1. The summed E-state index contributed by atoms with van der Waals surface area (Å²) in [5, 5.41) is 14.7. The number of halogens is 2. The molecular weight excluding hydrogens is 388 g/mol. The summed E-state index contributed by atoms with van der Waals surface area (Å²) in [7, 11) is 0. The number of aromatic nitrogens is 4. The first kappa shape index (κ1) is 23.9. The summed E-state index contributed by atoms with van der Waals surface area (Å²) in [6.07, 6.45) is 13.1. The summed E-state index contributed by atoms with van der Waals surface area (Å²) >= 11 is 0. The summed E-state index contributed by atoms with van der Waals surface area (Å²) in [6, 6.07) is 3.03. The first-order chi connectivity index (χ1) is 14.6. The maximum Gasteiger partial charge on any atom is 0.224 e. The predicted octanol–water partition coefficient (Wildman–Crippen LogP) is 5.44. The van der Waals surface area contributed by atoms with Crippen LogP contribution in [0.5, 0.6) is 0 Å². The molecule has 1 amide bonds. The van der Waals surface area contributed by atoms with Gasteiger partial charge in [0.25, 0.3) is 0 Å². The zero-order chi connectivity index (χ0) is 21.6. The Kier molecular flexibility index (Phi) is 11.0. The molecule has 0 unspecified atom stereocenters. The molecule has 2 aromatic rings. The van der Waals surface area contributed by atoms with E-state index in [4.69, 9.17) is 0 Å². The fourth-order valence-corrected chi connectivity index (χ4v) is 3.24. The average molecular weight is 422 g/mol. The van der Waals surface area contributed by atoms with E-state index in [-0.39, 0.29) is 18.0 Å². The number of amides is 1. The van der Waals surface area contributed by atoms with Crippen LogP contribution in [0.3, 0.4) is 0 Å². The molecule has 0 atom stereocenters. The van der Waals surface area contributed by atoms with Crippen LogP contribution in [0, 0.1) is 11.6 Å². The lowest BCUT2D eigenvalue weighted by atomic mass is 10.1. The van der Waals surface area contributed by atoms with Crippen LogP contribution in [-0.4, -0.2) is 26.1 Å². The van der Waals surface area contributed by atoms with Gasteiger partial charge >= 0.3 is 0 Å². The minimum absolute atomic E-state index is 0.0426. The minimum atomic E-state index is -0.802. The maximum atomic E-state index is 13.6. The highest BCUT2D eigenvalue weighted by Gasteiger charge is 2.10. The average Bonchev–Trinajstić information content (AvgIpc) is 3.18. The van der Waals surface area contributed by atoms with E-state index in [1.807, 2.05) is 0 Å². The van der Waals surface area contributed by atoms with Crippen molar-refractivity contribution in [3.05, 3.63) is 35.7 Å². The van der Waals surface area contributed by atoms with Gasteiger partial charge in [0.05, 0.1) is 12.2 Å². The molecule has 1 N–H and O–H groups in total. The Morgan fingerprint density at radius 3 is 2.33 bits per heavy atom. The molecule has 166 valence electrons. The van der Waals surface area contributed by atoms with E-state index in [0.29, 0.717) is 12.2 Å². The van der Waals surface area contributed by atoms with E-state index in [2.05, 4.69) is 27.7 Å². The highest BCUT2D eigenvalue weighted by Crippen LogP contribution is 2.15. The fourth-order valence-electron chi connectivity index (χ4n) is 3.24. The van der Waals surface area contributed by atoms with E-state index in [0.717, 1.165) is 31.5 Å². The Hall–Kier alpha value is -2.38. The predicted molar refractivity (Wildman–Crippen MR) is 113 cm³/mol. The van der Waals surface area contributed by atoms with Gasteiger partial charge in [0.15, 0.2) is 5.82 Å². The standard InChI is InChI=1S/C22H33F2N5O/c1-2-3-4-5-6-7-8-9-10-11-16-29-27-21(26-28-29)14-15-22(30)25-20-13-12-18(23)17-19(20)24/h12-13,17H,2-11,14-16H2,1H3,(H,25,30). The van der Waals surface area contributed by atoms with Crippen molar-refractivity contribution in [3.8, 4) is 0 Å². The largest absolute Gasteiger partial charge is 0.324 e. The molecule has 1 aromatic heterocycles. The smallest absolute Gasteiger partial charge is 0.224 e. The number of tetrazole rings is 1. The highest BCUT2D eigenvalue weighted by atomic mass is 19.1. The third-order valence-corrected chi connectivity index (χ3v) is 4.99. The second-order valence-corrected chi connectivity index (χ2v) is 7.66. The summed E-state index contributed by atoms with van der Waals surface area (Å²) in [6.45, 7) is 2.96. The van der Waals surface area contributed by atoms with Gasteiger partial charge in [0.2, 0.25) is 5.91 Å². The normalized spacial score (nSPS) is 11.0. The van der Waals surface area contributed by atoms with Gasteiger partial charge in [-0.05, 0) is 23.8 Å². The lowest BCUT2D eigenvalue weighted by Crippen LogP contribution is -2.14. The first-order valence-electron chi connectivity index (χ1n) is 11.1. The van der Waals surface area contributed by atoms with Crippen molar-refractivity contribution < 1.29 is 13.6 Å². The van der Waals surface area contributed by atoms with E-state index in [9.17, 15) is 13.6 Å². The summed E-state index contributed by atoms with van der Waals surface area (Å²) in [4.78, 5) is 13.5. The minimum Gasteiger partial charge on any atom is -0.324 e. The van der Waals surface area contributed by atoms with Gasteiger partial charge in [-0.15, -0.1) is 10.2 Å². The SMILES string of the molecule is CCCCCCCCCCCCn1nnc(CCC(=O)Nc2ccc(F)cc2F)n1. The van der Waals surface area contributed by atoms with Crippen LogP contribution < -0.4 is 5.32 Å². The number of benzene rings is 1. The lowest BCUT2D eigenvalue weighted by Gasteiger charge is -2.05. The highest BCUT2D eigenvalue weighted by molar-refractivity contribution is 5.90. The monoisotopic (exact) mass is 421 g/mol. The van der Waals surface area contributed by atoms with Crippen LogP contribution in [0.4, 0.5) is 14.5 Å². The maximum absolute atomic E-state index is 13.6. The molecule has 2 rings (SSSR count). The van der Waals surface area contributed by atoms with Crippen molar-refractivity contribution in [2.24, 2.45) is 0 Å². The van der Waals surface area contributed by atoms with Crippen molar-refractivity contribution in [2.45, 2.75) is 90.5 Å². The second kappa shape index (κ2) is 13.8. The molecular formula is C22H33F2N5O. The molecule has 1 aromatic carbocycles. The number of unbranched alkanes of at least 4 members (excludes halogenated alkanes) is 9. The van der Waals surface area contributed by atoms with Crippen LogP contribution in [0.15, 0.2) is 18.2 Å². The Balaban J connectivity index is 1.56. The molecule has 0 fully saturated rings. The molecule has 0 radical (unpaired) electrons. The van der Waals surface area contributed by atoms with Gasteiger partial charge in [-0.1, -0.05) is 64.7 Å². The van der Waals surface area contributed by atoms with E-state index in [1.165, 1.54) is 57.4 Å².